The van der Waals surface area contributed by atoms with E-state index in [4.69, 9.17) is 9.47 Å². The summed E-state index contributed by atoms with van der Waals surface area (Å²) in [5, 5.41) is 0. The third kappa shape index (κ3) is 4.47. The summed E-state index contributed by atoms with van der Waals surface area (Å²) in [6, 6.07) is 0. The summed E-state index contributed by atoms with van der Waals surface area (Å²) in [7, 11) is 0. The largest absolute Gasteiger partial charge is 0.348 e. The van der Waals surface area contributed by atoms with Gasteiger partial charge in [0.15, 0.2) is 5.79 Å². The lowest BCUT2D eigenvalue weighted by molar-refractivity contribution is -0.168. The Morgan fingerprint density at radius 3 is 1.64 bits per heavy atom. The van der Waals surface area contributed by atoms with Gasteiger partial charge in [-0.25, -0.2) is 0 Å². The molecule has 0 N–H and O–H groups in total. The van der Waals surface area contributed by atoms with Crippen LogP contribution in [0.3, 0.4) is 0 Å². The Labute approximate surface area is 137 Å². The standard InChI is InChI=1S/C20H36O2/c1-17-18-11-7-3-2-5-9-13-20(21-15-16-22-20)14-10-6-4-8-12-19(17)18/h17-19H,2-16H2,1H3. The van der Waals surface area contributed by atoms with E-state index >= 15 is 0 Å². The van der Waals surface area contributed by atoms with Gasteiger partial charge in [0.25, 0.3) is 0 Å². The van der Waals surface area contributed by atoms with Crippen molar-refractivity contribution in [3.05, 3.63) is 0 Å². The van der Waals surface area contributed by atoms with Crippen LogP contribution in [-0.2, 0) is 9.47 Å². The molecular weight excluding hydrogens is 272 g/mol. The van der Waals surface area contributed by atoms with Gasteiger partial charge in [0.2, 0.25) is 0 Å². The van der Waals surface area contributed by atoms with Crippen LogP contribution in [0.2, 0.25) is 0 Å². The second-order valence-electron chi connectivity index (χ2n) is 8.05. The molecule has 3 rings (SSSR count). The zero-order valence-electron chi connectivity index (χ0n) is 14.7. The molecule has 0 aromatic carbocycles. The third-order valence-electron chi connectivity index (χ3n) is 6.51. The molecule has 22 heavy (non-hydrogen) atoms. The molecule has 2 saturated carbocycles. The minimum atomic E-state index is -0.201. The van der Waals surface area contributed by atoms with E-state index in [0.29, 0.717) is 0 Å². The van der Waals surface area contributed by atoms with Crippen molar-refractivity contribution in [2.75, 3.05) is 13.2 Å². The van der Waals surface area contributed by atoms with Crippen LogP contribution < -0.4 is 0 Å². The smallest absolute Gasteiger partial charge is 0.168 e. The Balaban J connectivity index is 1.45. The van der Waals surface area contributed by atoms with Crippen LogP contribution in [0.4, 0.5) is 0 Å². The molecule has 1 saturated heterocycles. The van der Waals surface area contributed by atoms with E-state index in [9.17, 15) is 0 Å². The topological polar surface area (TPSA) is 18.5 Å². The van der Waals surface area contributed by atoms with Crippen molar-refractivity contribution in [1.82, 2.24) is 0 Å². The summed E-state index contributed by atoms with van der Waals surface area (Å²) in [6.07, 6.45) is 17.7. The lowest BCUT2D eigenvalue weighted by Gasteiger charge is -2.27. The van der Waals surface area contributed by atoms with Gasteiger partial charge in [0.05, 0.1) is 13.2 Å². The second kappa shape index (κ2) is 8.15. The molecule has 0 bridgehead atoms. The molecule has 2 aliphatic carbocycles. The summed E-state index contributed by atoms with van der Waals surface area (Å²) in [5.74, 6) is 2.98. The Morgan fingerprint density at radius 2 is 1.09 bits per heavy atom. The van der Waals surface area contributed by atoms with Crippen LogP contribution in [-0.4, -0.2) is 19.0 Å². The van der Waals surface area contributed by atoms with Crippen LogP contribution in [0.5, 0.6) is 0 Å². The summed E-state index contributed by atoms with van der Waals surface area (Å²) in [6.45, 7) is 4.10. The van der Waals surface area contributed by atoms with Crippen LogP contribution in [0.25, 0.3) is 0 Å². The lowest BCUT2D eigenvalue weighted by atomic mass is 9.98. The minimum absolute atomic E-state index is 0.201. The van der Waals surface area contributed by atoms with E-state index in [2.05, 4.69) is 6.92 Å². The van der Waals surface area contributed by atoms with Crippen LogP contribution in [0.15, 0.2) is 0 Å². The average Bonchev–Trinajstić information content (AvgIpc) is 2.93. The fourth-order valence-electron chi connectivity index (χ4n) is 4.93. The number of rotatable bonds is 0. The zero-order valence-corrected chi connectivity index (χ0v) is 14.7. The first-order chi connectivity index (χ1) is 10.8. The van der Waals surface area contributed by atoms with E-state index < -0.39 is 0 Å². The van der Waals surface area contributed by atoms with E-state index in [1.807, 2.05) is 0 Å². The maximum Gasteiger partial charge on any atom is 0.168 e. The van der Waals surface area contributed by atoms with Crippen molar-refractivity contribution in [3.63, 3.8) is 0 Å². The van der Waals surface area contributed by atoms with E-state index in [1.54, 1.807) is 0 Å². The average molecular weight is 309 g/mol. The fourth-order valence-corrected chi connectivity index (χ4v) is 4.93. The molecule has 1 aliphatic heterocycles. The predicted molar refractivity (Wildman–Crippen MR) is 90.8 cm³/mol. The summed E-state index contributed by atoms with van der Waals surface area (Å²) in [5.41, 5.74) is 0. The molecule has 1 spiro atoms. The van der Waals surface area contributed by atoms with Crippen molar-refractivity contribution in [2.45, 2.75) is 96.2 Å². The Morgan fingerprint density at radius 1 is 0.636 bits per heavy atom. The summed E-state index contributed by atoms with van der Waals surface area (Å²) < 4.78 is 12.0. The molecular formula is C20H36O2. The van der Waals surface area contributed by atoms with Gasteiger partial charge >= 0.3 is 0 Å². The Hall–Kier alpha value is -0.0800. The summed E-state index contributed by atoms with van der Waals surface area (Å²) in [4.78, 5) is 0. The quantitative estimate of drug-likeness (QED) is 0.572. The highest BCUT2D eigenvalue weighted by Gasteiger charge is 2.44. The molecule has 0 aromatic heterocycles. The number of hydrogen-bond acceptors (Lipinski definition) is 2. The molecule has 2 heteroatoms. The van der Waals surface area contributed by atoms with Crippen molar-refractivity contribution < 1.29 is 9.47 Å². The van der Waals surface area contributed by atoms with E-state index in [1.165, 1.54) is 70.6 Å². The van der Waals surface area contributed by atoms with Crippen molar-refractivity contribution in [1.29, 1.82) is 0 Å². The monoisotopic (exact) mass is 308 g/mol. The fraction of sp³-hybridized carbons (Fsp3) is 1.00. The van der Waals surface area contributed by atoms with E-state index in [-0.39, 0.29) is 5.79 Å². The molecule has 3 unspecified atom stereocenters. The predicted octanol–water partition coefficient (Wildman–Crippen LogP) is 5.70. The van der Waals surface area contributed by atoms with E-state index in [0.717, 1.165) is 43.8 Å². The SMILES string of the molecule is CC1C2CCCCCCCC3(CCCCCCC12)OCCO3. The zero-order chi connectivity index (χ0) is 15.3. The highest BCUT2D eigenvalue weighted by Crippen LogP contribution is 2.52. The maximum atomic E-state index is 6.00. The number of ether oxygens (including phenoxy) is 2. The van der Waals surface area contributed by atoms with Crippen molar-refractivity contribution in [3.8, 4) is 0 Å². The number of hydrogen-bond donors (Lipinski definition) is 0. The van der Waals surface area contributed by atoms with Crippen LogP contribution >= 0.6 is 0 Å². The van der Waals surface area contributed by atoms with Gasteiger partial charge in [-0.1, -0.05) is 51.9 Å². The molecule has 2 nitrogen and oxygen atoms in total. The lowest BCUT2D eigenvalue weighted by Crippen LogP contribution is -2.30. The summed E-state index contributed by atoms with van der Waals surface area (Å²) >= 11 is 0. The first kappa shape index (κ1) is 16.8. The Kier molecular flexibility index (Phi) is 6.21. The van der Waals surface area contributed by atoms with Gasteiger partial charge in [0.1, 0.15) is 0 Å². The van der Waals surface area contributed by atoms with Crippen molar-refractivity contribution in [2.24, 2.45) is 17.8 Å². The Bertz CT molecular complexity index is 322. The molecule has 3 atom stereocenters. The maximum absolute atomic E-state index is 6.00. The van der Waals surface area contributed by atoms with Crippen LogP contribution in [0, 0.1) is 17.8 Å². The van der Waals surface area contributed by atoms with Crippen molar-refractivity contribution >= 4 is 0 Å². The normalized spacial score (nSPS) is 37.8. The van der Waals surface area contributed by atoms with Gasteiger partial charge in [-0.05, 0) is 43.4 Å². The molecule has 0 amide bonds. The minimum Gasteiger partial charge on any atom is -0.348 e. The second-order valence-corrected chi connectivity index (χ2v) is 8.05. The highest BCUT2D eigenvalue weighted by molar-refractivity contribution is 4.93. The third-order valence-corrected chi connectivity index (χ3v) is 6.51. The number of fused-ring (bicyclic) bond motifs is 1. The highest BCUT2D eigenvalue weighted by atomic mass is 16.7. The van der Waals surface area contributed by atoms with Gasteiger partial charge in [-0.2, -0.15) is 0 Å². The molecule has 3 aliphatic rings. The first-order valence-electron chi connectivity index (χ1n) is 10.1. The molecule has 3 fully saturated rings. The van der Waals surface area contributed by atoms with Gasteiger partial charge in [-0.3, -0.25) is 0 Å². The molecule has 128 valence electrons. The van der Waals surface area contributed by atoms with Gasteiger partial charge in [0, 0.05) is 12.8 Å². The van der Waals surface area contributed by atoms with Crippen LogP contribution in [0.1, 0.15) is 90.4 Å². The molecule has 1 heterocycles. The first-order valence-corrected chi connectivity index (χ1v) is 10.1. The van der Waals surface area contributed by atoms with Gasteiger partial charge < -0.3 is 9.47 Å². The van der Waals surface area contributed by atoms with Gasteiger partial charge in [-0.15, -0.1) is 0 Å². The molecule has 0 aromatic rings. The molecule has 0 radical (unpaired) electrons.